The predicted octanol–water partition coefficient (Wildman–Crippen LogP) is 3.27. The molecule has 1 aliphatic rings. The van der Waals surface area contributed by atoms with Crippen molar-refractivity contribution in [1.82, 2.24) is 4.90 Å². The molecule has 1 aliphatic heterocycles. The number of para-hydroxylation sites is 2. The van der Waals surface area contributed by atoms with Crippen LogP contribution in [0.4, 0.5) is 11.4 Å². The van der Waals surface area contributed by atoms with Crippen LogP contribution < -0.4 is 16.0 Å². The highest BCUT2D eigenvalue weighted by molar-refractivity contribution is 6.01. The van der Waals surface area contributed by atoms with Gasteiger partial charge in [0.15, 0.2) is 5.78 Å². The fourth-order valence-electron chi connectivity index (χ4n) is 4.17. The average Bonchev–Trinajstić information content (AvgIpc) is 2.85. The molecule has 0 radical (unpaired) electrons. The van der Waals surface area contributed by atoms with E-state index >= 15 is 0 Å². The molecular formula is C26H28N4O2. The molecule has 3 N–H and O–H groups in total. The van der Waals surface area contributed by atoms with Gasteiger partial charge < -0.3 is 16.0 Å². The van der Waals surface area contributed by atoms with E-state index in [4.69, 9.17) is 5.73 Å². The molecule has 0 aromatic heterocycles. The third kappa shape index (κ3) is 4.98. The van der Waals surface area contributed by atoms with Gasteiger partial charge >= 0.3 is 0 Å². The standard InChI is InChI=1S/C26H28N4O2/c27-26(32)22-13-7-8-14-23(22)28-19-24(25(31)20-9-3-1-4-10-20)30-17-15-29(16-18-30)21-11-5-2-6-12-21/h1-14,24,28H,15-19H2,(H2,27,32). The zero-order valence-electron chi connectivity index (χ0n) is 18.0. The Balaban J connectivity index is 1.51. The summed E-state index contributed by atoms with van der Waals surface area (Å²) in [5.74, 6) is -0.418. The molecule has 0 aliphatic carbocycles. The number of amides is 1. The molecule has 1 amide bonds. The van der Waals surface area contributed by atoms with E-state index in [0.717, 1.165) is 26.2 Å². The van der Waals surface area contributed by atoms with Crippen LogP contribution in [-0.4, -0.2) is 55.4 Å². The smallest absolute Gasteiger partial charge is 0.250 e. The monoisotopic (exact) mass is 428 g/mol. The van der Waals surface area contributed by atoms with Gasteiger partial charge in [-0.15, -0.1) is 0 Å². The van der Waals surface area contributed by atoms with Crippen molar-refractivity contribution in [2.45, 2.75) is 6.04 Å². The molecule has 6 nitrogen and oxygen atoms in total. The molecule has 164 valence electrons. The Hall–Kier alpha value is -3.64. The fraction of sp³-hybridized carbons (Fsp3) is 0.231. The number of rotatable bonds is 8. The molecule has 4 rings (SSSR count). The van der Waals surface area contributed by atoms with Crippen molar-refractivity contribution in [3.05, 3.63) is 96.1 Å². The zero-order chi connectivity index (χ0) is 22.3. The number of carbonyl (C=O) groups excluding carboxylic acids is 2. The van der Waals surface area contributed by atoms with Crippen LogP contribution in [0.3, 0.4) is 0 Å². The van der Waals surface area contributed by atoms with E-state index in [2.05, 4.69) is 27.2 Å². The summed E-state index contributed by atoms with van der Waals surface area (Å²) >= 11 is 0. The van der Waals surface area contributed by atoms with Gasteiger partial charge in [-0.2, -0.15) is 0 Å². The maximum Gasteiger partial charge on any atom is 0.250 e. The minimum absolute atomic E-state index is 0.0721. The Morgan fingerprint density at radius 1 is 0.812 bits per heavy atom. The zero-order valence-corrected chi connectivity index (χ0v) is 18.0. The summed E-state index contributed by atoms with van der Waals surface area (Å²) in [4.78, 5) is 29.8. The van der Waals surface area contributed by atoms with Crippen LogP contribution >= 0.6 is 0 Å². The van der Waals surface area contributed by atoms with Crippen molar-refractivity contribution < 1.29 is 9.59 Å². The van der Waals surface area contributed by atoms with E-state index in [0.29, 0.717) is 23.4 Å². The maximum atomic E-state index is 13.4. The van der Waals surface area contributed by atoms with Gasteiger partial charge in [0.25, 0.3) is 5.91 Å². The number of benzene rings is 3. The van der Waals surface area contributed by atoms with Crippen molar-refractivity contribution in [1.29, 1.82) is 0 Å². The fourth-order valence-corrected chi connectivity index (χ4v) is 4.17. The minimum Gasteiger partial charge on any atom is -0.382 e. The summed E-state index contributed by atoms with van der Waals surface area (Å²) in [5, 5.41) is 3.31. The molecule has 1 unspecified atom stereocenters. The maximum absolute atomic E-state index is 13.4. The summed E-state index contributed by atoms with van der Waals surface area (Å²) in [5.41, 5.74) is 8.48. The highest BCUT2D eigenvalue weighted by atomic mass is 16.1. The van der Waals surface area contributed by atoms with Gasteiger partial charge in [-0.1, -0.05) is 60.7 Å². The molecule has 6 heteroatoms. The summed E-state index contributed by atoms with van der Waals surface area (Å²) in [6.07, 6.45) is 0. The Labute approximate surface area is 188 Å². The lowest BCUT2D eigenvalue weighted by Crippen LogP contribution is -2.55. The van der Waals surface area contributed by atoms with Crippen LogP contribution in [0.25, 0.3) is 0 Å². The summed E-state index contributed by atoms with van der Waals surface area (Å²) in [7, 11) is 0. The summed E-state index contributed by atoms with van der Waals surface area (Å²) in [6.45, 7) is 3.64. The summed E-state index contributed by atoms with van der Waals surface area (Å²) in [6, 6.07) is 26.5. The third-order valence-corrected chi connectivity index (χ3v) is 5.92. The second-order valence-corrected chi connectivity index (χ2v) is 7.90. The van der Waals surface area contributed by atoms with Crippen molar-refractivity contribution in [2.75, 3.05) is 42.9 Å². The number of Topliss-reactive ketones (excluding diaryl/α,β-unsaturated/α-hetero) is 1. The van der Waals surface area contributed by atoms with Crippen LogP contribution in [0.15, 0.2) is 84.9 Å². The number of piperazine rings is 1. The van der Waals surface area contributed by atoms with Crippen molar-refractivity contribution in [2.24, 2.45) is 5.73 Å². The molecular weight excluding hydrogens is 400 g/mol. The van der Waals surface area contributed by atoms with Gasteiger partial charge in [0.1, 0.15) is 0 Å². The molecule has 1 saturated heterocycles. The third-order valence-electron chi connectivity index (χ3n) is 5.92. The number of nitrogens with one attached hydrogen (secondary N) is 1. The van der Waals surface area contributed by atoms with Crippen LogP contribution in [0, 0.1) is 0 Å². The van der Waals surface area contributed by atoms with Crippen LogP contribution in [-0.2, 0) is 0 Å². The van der Waals surface area contributed by atoms with Gasteiger partial charge in [0.05, 0.1) is 11.6 Å². The number of anilines is 2. The second kappa shape index (κ2) is 10.1. The first kappa shape index (κ1) is 21.6. The average molecular weight is 429 g/mol. The van der Waals surface area contributed by atoms with Crippen LogP contribution in [0.5, 0.6) is 0 Å². The summed E-state index contributed by atoms with van der Waals surface area (Å²) < 4.78 is 0. The van der Waals surface area contributed by atoms with E-state index in [-0.39, 0.29) is 11.8 Å². The number of hydrogen-bond acceptors (Lipinski definition) is 5. The molecule has 1 atom stereocenters. The van der Waals surface area contributed by atoms with E-state index in [1.807, 2.05) is 60.7 Å². The van der Waals surface area contributed by atoms with Crippen molar-refractivity contribution in [3.8, 4) is 0 Å². The number of ketones is 1. The lowest BCUT2D eigenvalue weighted by molar-refractivity contribution is 0.0822. The number of nitrogens with two attached hydrogens (primary N) is 1. The first-order valence-electron chi connectivity index (χ1n) is 10.9. The Kier molecular flexibility index (Phi) is 6.82. The van der Waals surface area contributed by atoms with E-state index in [1.54, 1.807) is 12.1 Å². The second-order valence-electron chi connectivity index (χ2n) is 7.90. The molecule has 1 heterocycles. The molecule has 32 heavy (non-hydrogen) atoms. The largest absolute Gasteiger partial charge is 0.382 e. The van der Waals surface area contributed by atoms with Crippen LogP contribution in [0.2, 0.25) is 0 Å². The first-order valence-corrected chi connectivity index (χ1v) is 10.9. The highest BCUT2D eigenvalue weighted by Crippen LogP contribution is 2.20. The van der Waals surface area contributed by atoms with Gasteiger partial charge in [0.2, 0.25) is 0 Å². The lowest BCUT2D eigenvalue weighted by atomic mass is 10.0. The number of nitrogens with zero attached hydrogens (tertiary/aromatic N) is 2. The number of primary amides is 1. The van der Waals surface area contributed by atoms with Gasteiger partial charge in [-0.25, -0.2) is 0 Å². The number of carbonyl (C=O) groups is 2. The molecule has 0 spiro atoms. The van der Waals surface area contributed by atoms with Gasteiger partial charge in [-0.05, 0) is 24.3 Å². The quantitative estimate of drug-likeness (QED) is 0.539. The van der Waals surface area contributed by atoms with Gasteiger partial charge in [-0.3, -0.25) is 14.5 Å². The molecule has 1 fully saturated rings. The van der Waals surface area contributed by atoms with Gasteiger partial charge in [0, 0.05) is 49.7 Å². The predicted molar refractivity (Wildman–Crippen MR) is 128 cm³/mol. The Morgan fingerprint density at radius 3 is 2.06 bits per heavy atom. The molecule has 3 aromatic carbocycles. The molecule has 0 saturated carbocycles. The topological polar surface area (TPSA) is 78.7 Å². The van der Waals surface area contributed by atoms with E-state index in [9.17, 15) is 9.59 Å². The number of hydrogen-bond donors (Lipinski definition) is 2. The molecule has 3 aromatic rings. The van der Waals surface area contributed by atoms with Crippen LogP contribution in [0.1, 0.15) is 20.7 Å². The van der Waals surface area contributed by atoms with E-state index in [1.165, 1.54) is 5.69 Å². The molecule has 0 bridgehead atoms. The Bertz CT molecular complexity index is 1050. The van der Waals surface area contributed by atoms with E-state index < -0.39 is 5.91 Å². The van der Waals surface area contributed by atoms with Crippen molar-refractivity contribution in [3.63, 3.8) is 0 Å². The Morgan fingerprint density at radius 2 is 1.41 bits per heavy atom. The lowest BCUT2D eigenvalue weighted by Gasteiger charge is -2.40. The highest BCUT2D eigenvalue weighted by Gasteiger charge is 2.30. The SMILES string of the molecule is NC(=O)c1ccccc1NCC(C(=O)c1ccccc1)N1CCN(c2ccccc2)CC1. The minimum atomic E-state index is -0.490. The normalized spacial score (nSPS) is 15.2. The van der Waals surface area contributed by atoms with Crippen molar-refractivity contribution >= 4 is 23.1 Å². The first-order chi connectivity index (χ1) is 15.6.